The highest BCUT2D eigenvalue weighted by Gasteiger charge is 2.06. The van der Waals surface area contributed by atoms with Crippen LogP contribution in [0.2, 0.25) is 0 Å². The lowest BCUT2D eigenvalue weighted by molar-refractivity contribution is 0.252. The quantitative estimate of drug-likeness (QED) is 0.398. The third-order valence-electron chi connectivity index (χ3n) is 3.94. The summed E-state index contributed by atoms with van der Waals surface area (Å²) in [6.45, 7) is 0.881. The van der Waals surface area contributed by atoms with E-state index in [2.05, 4.69) is 36.4 Å². The van der Waals surface area contributed by atoms with Gasteiger partial charge in [0.05, 0.1) is 14.2 Å². The molecule has 10 heteroatoms. The van der Waals surface area contributed by atoms with E-state index in [0.29, 0.717) is 41.9 Å². The molecule has 30 heavy (non-hydrogen) atoms. The maximum atomic E-state index is 12.1. The number of urea groups is 1. The Morgan fingerprint density at radius 3 is 2.17 bits per heavy atom. The molecule has 0 fully saturated rings. The second kappa shape index (κ2) is 10.5. The second-order valence-corrected chi connectivity index (χ2v) is 6.07. The Kier molecular flexibility index (Phi) is 7.20. The topological polar surface area (TPSA) is 122 Å². The average molecular weight is 409 g/mol. The molecule has 2 amide bonds. The van der Waals surface area contributed by atoms with E-state index in [1.54, 1.807) is 50.9 Å². The molecular formula is C20H23N7O3. The SMILES string of the molecule is COc1cc(NC(=O)NCCNc2ccc(Nc3ccncc3)nn2)cc(OC)c1. The lowest BCUT2D eigenvalue weighted by atomic mass is 10.3. The minimum atomic E-state index is -0.338. The number of pyridine rings is 1. The summed E-state index contributed by atoms with van der Waals surface area (Å²) in [5.74, 6) is 2.41. The van der Waals surface area contributed by atoms with E-state index in [0.717, 1.165) is 5.69 Å². The largest absolute Gasteiger partial charge is 0.497 e. The number of ether oxygens (including phenoxy) is 2. The highest BCUT2D eigenvalue weighted by atomic mass is 16.5. The lowest BCUT2D eigenvalue weighted by Crippen LogP contribution is -2.32. The molecule has 1 aromatic carbocycles. The van der Waals surface area contributed by atoms with E-state index in [-0.39, 0.29) is 6.03 Å². The van der Waals surface area contributed by atoms with Gasteiger partial charge in [0.1, 0.15) is 17.3 Å². The molecule has 0 saturated carbocycles. The highest BCUT2D eigenvalue weighted by Crippen LogP contribution is 2.25. The third-order valence-corrected chi connectivity index (χ3v) is 3.94. The first kappa shape index (κ1) is 20.6. The van der Waals surface area contributed by atoms with Crippen LogP contribution in [-0.4, -0.2) is 48.5 Å². The number of benzene rings is 1. The summed E-state index contributed by atoms with van der Waals surface area (Å²) >= 11 is 0. The minimum Gasteiger partial charge on any atom is -0.497 e. The van der Waals surface area contributed by atoms with Crippen molar-refractivity contribution in [3.8, 4) is 11.5 Å². The number of hydrogen-bond acceptors (Lipinski definition) is 8. The molecule has 0 atom stereocenters. The normalized spacial score (nSPS) is 10.1. The zero-order chi connectivity index (χ0) is 21.2. The Morgan fingerprint density at radius 2 is 1.53 bits per heavy atom. The first-order chi connectivity index (χ1) is 14.7. The molecule has 2 aromatic heterocycles. The summed E-state index contributed by atoms with van der Waals surface area (Å²) in [4.78, 5) is 16.0. The van der Waals surface area contributed by atoms with Gasteiger partial charge in [-0.3, -0.25) is 4.98 Å². The van der Waals surface area contributed by atoms with Crippen molar-refractivity contribution in [1.29, 1.82) is 0 Å². The first-order valence-electron chi connectivity index (χ1n) is 9.19. The van der Waals surface area contributed by atoms with E-state index >= 15 is 0 Å². The second-order valence-electron chi connectivity index (χ2n) is 6.07. The van der Waals surface area contributed by atoms with Crippen LogP contribution in [0.15, 0.2) is 54.9 Å². The van der Waals surface area contributed by atoms with E-state index in [1.807, 2.05) is 18.2 Å². The molecule has 156 valence electrons. The fraction of sp³-hybridized carbons (Fsp3) is 0.200. The van der Waals surface area contributed by atoms with Gasteiger partial charge in [-0.2, -0.15) is 0 Å². The highest BCUT2D eigenvalue weighted by molar-refractivity contribution is 5.89. The number of carbonyl (C=O) groups is 1. The van der Waals surface area contributed by atoms with Crippen LogP contribution in [0.5, 0.6) is 11.5 Å². The predicted octanol–water partition coefficient (Wildman–Crippen LogP) is 2.87. The number of methoxy groups -OCH3 is 2. The van der Waals surface area contributed by atoms with Crippen molar-refractivity contribution >= 4 is 29.0 Å². The smallest absolute Gasteiger partial charge is 0.319 e. The van der Waals surface area contributed by atoms with Gasteiger partial charge in [-0.1, -0.05) is 0 Å². The van der Waals surface area contributed by atoms with Crippen molar-refractivity contribution < 1.29 is 14.3 Å². The summed E-state index contributed by atoms with van der Waals surface area (Å²) in [6.07, 6.45) is 3.39. The number of nitrogens with zero attached hydrogens (tertiary/aromatic N) is 3. The fourth-order valence-electron chi connectivity index (χ4n) is 2.50. The Balaban J connectivity index is 1.41. The van der Waals surface area contributed by atoms with Crippen LogP contribution in [0.1, 0.15) is 0 Å². The van der Waals surface area contributed by atoms with E-state index in [9.17, 15) is 4.79 Å². The summed E-state index contributed by atoms with van der Waals surface area (Å²) in [6, 6.07) is 12.1. The number of nitrogens with one attached hydrogen (secondary N) is 4. The average Bonchev–Trinajstić information content (AvgIpc) is 2.78. The van der Waals surface area contributed by atoms with Crippen LogP contribution in [0.4, 0.5) is 27.8 Å². The number of amides is 2. The van der Waals surface area contributed by atoms with Gasteiger partial charge in [-0.15, -0.1) is 10.2 Å². The van der Waals surface area contributed by atoms with Crippen LogP contribution in [-0.2, 0) is 0 Å². The molecular weight excluding hydrogens is 386 g/mol. The third kappa shape index (κ3) is 6.23. The molecule has 0 radical (unpaired) electrons. The monoisotopic (exact) mass is 409 g/mol. The van der Waals surface area contributed by atoms with Gasteiger partial charge < -0.3 is 30.7 Å². The van der Waals surface area contributed by atoms with Crippen molar-refractivity contribution in [3.63, 3.8) is 0 Å². The van der Waals surface area contributed by atoms with Crippen molar-refractivity contribution in [1.82, 2.24) is 20.5 Å². The standard InChI is InChI=1S/C20H23N7O3/c1-29-16-11-15(12-17(13-16)30-2)25-20(28)23-10-9-22-18-3-4-19(27-26-18)24-14-5-7-21-8-6-14/h3-8,11-13H,9-10H2,1-2H3,(H,22,26)(H,21,24,27)(H2,23,25,28). The molecule has 0 aliphatic carbocycles. The molecule has 4 N–H and O–H groups in total. The molecule has 0 spiro atoms. The summed E-state index contributed by atoms with van der Waals surface area (Å²) in [7, 11) is 3.10. The molecule has 0 unspecified atom stereocenters. The molecule has 3 rings (SSSR count). The van der Waals surface area contributed by atoms with Crippen LogP contribution in [0, 0.1) is 0 Å². The Hall–Kier alpha value is -4.08. The summed E-state index contributed by atoms with van der Waals surface area (Å²) < 4.78 is 10.4. The Bertz CT molecular complexity index is 930. The molecule has 10 nitrogen and oxygen atoms in total. The van der Waals surface area contributed by atoms with Gasteiger partial charge in [0.2, 0.25) is 0 Å². The van der Waals surface area contributed by atoms with Gasteiger partial charge in [-0.05, 0) is 24.3 Å². The Labute approximate surface area is 174 Å². The van der Waals surface area contributed by atoms with Crippen LogP contribution in [0.25, 0.3) is 0 Å². The van der Waals surface area contributed by atoms with Crippen LogP contribution >= 0.6 is 0 Å². The number of anilines is 4. The number of carbonyl (C=O) groups excluding carboxylic acids is 1. The molecule has 0 aliphatic rings. The van der Waals surface area contributed by atoms with Crippen molar-refractivity contribution in [3.05, 3.63) is 54.9 Å². The lowest BCUT2D eigenvalue weighted by Gasteiger charge is -2.11. The van der Waals surface area contributed by atoms with Gasteiger partial charge in [-0.25, -0.2) is 4.79 Å². The van der Waals surface area contributed by atoms with E-state index < -0.39 is 0 Å². The molecule has 0 aliphatic heterocycles. The molecule has 3 aromatic rings. The number of aromatic nitrogens is 3. The van der Waals surface area contributed by atoms with E-state index in [4.69, 9.17) is 9.47 Å². The number of rotatable bonds is 9. The maximum absolute atomic E-state index is 12.1. The summed E-state index contributed by atoms with van der Waals surface area (Å²) in [5, 5.41) is 19.9. The summed E-state index contributed by atoms with van der Waals surface area (Å²) in [5.41, 5.74) is 1.45. The van der Waals surface area contributed by atoms with Crippen molar-refractivity contribution in [2.45, 2.75) is 0 Å². The molecule has 0 saturated heterocycles. The fourth-order valence-corrected chi connectivity index (χ4v) is 2.50. The van der Waals surface area contributed by atoms with Gasteiger partial charge in [0, 0.05) is 55.1 Å². The van der Waals surface area contributed by atoms with Crippen LogP contribution < -0.4 is 30.7 Å². The molecule has 2 heterocycles. The van der Waals surface area contributed by atoms with Gasteiger partial charge in [0.25, 0.3) is 0 Å². The first-order valence-corrected chi connectivity index (χ1v) is 9.19. The van der Waals surface area contributed by atoms with E-state index in [1.165, 1.54) is 0 Å². The zero-order valence-corrected chi connectivity index (χ0v) is 16.7. The van der Waals surface area contributed by atoms with Gasteiger partial charge >= 0.3 is 6.03 Å². The van der Waals surface area contributed by atoms with Crippen LogP contribution in [0.3, 0.4) is 0 Å². The van der Waals surface area contributed by atoms with Crippen molar-refractivity contribution in [2.24, 2.45) is 0 Å². The predicted molar refractivity (Wildman–Crippen MR) is 115 cm³/mol. The Morgan fingerprint density at radius 1 is 0.867 bits per heavy atom. The maximum Gasteiger partial charge on any atom is 0.319 e. The minimum absolute atomic E-state index is 0.338. The number of hydrogen-bond donors (Lipinski definition) is 4. The van der Waals surface area contributed by atoms with Gasteiger partial charge in [0.15, 0.2) is 5.82 Å². The van der Waals surface area contributed by atoms with Crippen molar-refractivity contribution in [2.75, 3.05) is 43.3 Å². The zero-order valence-electron chi connectivity index (χ0n) is 16.7. The molecule has 0 bridgehead atoms.